The van der Waals surface area contributed by atoms with Crippen molar-refractivity contribution in [3.05, 3.63) is 47.5 Å². The van der Waals surface area contributed by atoms with E-state index in [2.05, 4.69) is 0 Å². The van der Waals surface area contributed by atoms with Crippen LogP contribution >= 0.6 is 7.60 Å². The fourth-order valence-corrected chi connectivity index (χ4v) is 4.81. The second-order valence-corrected chi connectivity index (χ2v) is 8.29. The SMILES string of the molecule is CCOC(=O)C1=CC(C(O)c2ccccc2)CCC1P(=O)(OC)OC. The van der Waals surface area contributed by atoms with Crippen LogP contribution in [-0.4, -0.2) is 37.6 Å². The van der Waals surface area contributed by atoms with Crippen molar-refractivity contribution in [1.29, 1.82) is 0 Å². The van der Waals surface area contributed by atoms with Crippen molar-refractivity contribution in [3.63, 3.8) is 0 Å². The number of hydrogen-bond acceptors (Lipinski definition) is 6. The van der Waals surface area contributed by atoms with Crippen molar-refractivity contribution >= 4 is 13.6 Å². The summed E-state index contributed by atoms with van der Waals surface area (Å²) in [6.45, 7) is 1.91. The summed E-state index contributed by atoms with van der Waals surface area (Å²) in [6.07, 6.45) is 1.86. The number of ether oxygens (including phenoxy) is 1. The minimum absolute atomic E-state index is 0.207. The smallest absolute Gasteiger partial charge is 0.337 e. The number of hydrogen-bond donors (Lipinski definition) is 1. The molecule has 1 N–H and O–H groups in total. The van der Waals surface area contributed by atoms with Crippen LogP contribution in [-0.2, 0) is 23.1 Å². The van der Waals surface area contributed by atoms with Crippen molar-refractivity contribution in [3.8, 4) is 0 Å². The Morgan fingerprint density at radius 1 is 1.24 bits per heavy atom. The molecule has 0 aliphatic heterocycles. The number of aliphatic hydroxyl groups is 1. The molecule has 0 amide bonds. The Morgan fingerprint density at radius 3 is 2.44 bits per heavy atom. The van der Waals surface area contributed by atoms with Gasteiger partial charge in [-0.05, 0) is 25.3 Å². The third-order valence-electron chi connectivity index (χ3n) is 4.47. The fraction of sp³-hybridized carbons (Fsp3) is 0.500. The average molecular weight is 368 g/mol. The fourth-order valence-electron chi connectivity index (χ4n) is 3.15. The molecule has 3 atom stereocenters. The number of benzene rings is 1. The third kappa shape index (κ3) is 4.39. The van der Waals surface area contributed by atoms with E-state index in [9.17, 15) is 14.5 Å². The summed E-state index contributed by atoms with van der Waals surface area (Å²) in [5, 5.41) is 10.6. The van der Waals surface area contributed by atoms with E-state index in [1.807, 2.05) is 30.3 Å². The molecule has 1 aliphatic rings. The van der Waals surface area contributed by atoms with Gasteiger partial charge in [0.1, 0.15) is 0 Å². The number of carbonyl (C=O) groups excluding carboxylic acids is 1. The van der Waals surface area contributed by atoms with E-state index >= 15 is 0 Å². The normalized spacial score (nSPS) is 22.2. The summed E-state index contributed by atoms with van der Waals surface area (Å²) in [6, 6.07) is 9.25. The molecule has 1 aromatic rings. The van der Waals surface area contributed by atoms with Gasteiger partial charge in [0.2, 0.25) is 0 Å². The Balaban J connectivity index is 2.36. The van der Waals surface area contributed by atoms with Gasteiger partial charge < -0.3 is 18.9 Å². The topological polar surface area (TPSA) is 82.1 Å². The first-order valence-corrected chi connectivity index (χ1v) is 9.91. The van der Waals surface area contributed by atoms with Crippen LogP contribution in [0.2, 0.25) is 0 Å². The molecule has 25 heavy (non-hydrogen) atoms. The van der Waals surface area contributed by atoms with Gasteiger partial charge in [-0.15, -0.1) is 0 Å². The maximum absolute atomic E-state index is 12.8. The summed E-state index contributed by atoms with van der Waals surface area (Å²) < 4.78 is 28.1. The van der Waals surface area contributed by atoms with E-state index in [-0.39, 0.29) is 18.1 Å². The molecule has 0 spiro atoms. The molecule has 138 valence electrons. The molecule has 0 heterocycles. The van der Waals surface area contributed by atoms with Gasteiger partial charge in [0, 0.05) is 25.7 Å². The maximum Gasteiger partial charge on any atom is 0.337 e. The molecule has 0 fully saturated rings. The Bertz CT molecular complexity index is 649. The van der Waals surface area contributed by atoms with Crippen LogP contribution in [0.3, 0.4) is 0 Å². The second-order valence-electron chi connectivity index (χ2n) is 5.86. The zero-order chi connectivity index (χ0) is 18.4. The first-order valence-electron chi connectivity index (χ1n) is 8.29. The van der Waals surface area contributed by atoms with E-state index in [0.717, 1.165) is 5.56 Å². The van der Waals surface area contributed by atoms with E-state index in [4.69, 9.17) is 13.8 Å². The number of rotatable bonds is 7. The number of esters is 1. The zero-order valence-electron chi connectivity index (χ0n) is 14.8. The zero-order valence-corrected chi connectivity index (χ0v) is 15.6. The van der Waals surface area contributed by atoms with Gasteiger partial charge >= 0.3 is 13.6 Å². The minimum atomic E-state index is -3.47. The van der Waals surface area contributed by atoms with Crippen LogP contribution in [0.1, 0.15) is 31.4 Å². The monoisotopic (exact) mass is 368 g/mol. The highest BCUT2D eigenvalue weighted by molar-refractivity contribution is 7.55. The lowest BCUT2D eigenvalue weighted by atomic mass is 9.84. The lowest BCUT2D eigenvalue weighted by Gasteiger charge is -2.32. The average Bonchev–Trinajstić information content (AvgIpc) is 2.67. The van der Waals surface area contributed by atoms with Crippen LogP contribution in [0.15, 0.2) is 42.0 Å². The van der Waals surface area contributed by atoms with Gasteiger partial charge in [0.05, 0.1) is 18.4 Å². The molecule has 3 unspecified atom stereocenters. The summed E-state index contributed by atoms with van der Waals surface area (Å²) in [7, 11) is -0.863. The van der Waals surface area contributed by atoms with Gasteiger partial charge in [-0.1, -0.05) is 36.4 Å². The van der Waals surface area contributed by atoms with Crippen molar-refractivity contribution < 1.29 is 28.3 Å². The highest BCUT2D eigenvalue weighted by Crippen LogP contribution is 2.58. The van der Waals surface area contributed by atoms with E-state index in [1.165, 1.54) is 14.2 Å². The van der Waals surface area contributed by atoms with Crippen LogP contribution < -0.4 is 0 Å². The van der Waals surface area contributed by atoms with Crippen molar-refractivity contribution in [1.82, 2.24) is 0 Å². The quantitative estimate of drug-likeness (QED) is 0.586. The molecule has 0 radical (unpaired) electrons. The third-order valence-corrected chi connectivity index (χ3v) is 6.79. The van der Waals surface area contributed by atoms with E-state index < -0.39 is 25.3 Å². The highest BCUT2D eigenvalue weighted by atomic mass is 31.2. The lowest BCUT2D eigenvalue weighted by Crippen LogP contribution is -2.29. The predicted molar refractivity (Wildman–Crippen MR) is 94.3 cm³/mol. The van der Waals surface area contributed by atoms with Gasteiger partial charge in [-0.3, -0.25) is 4.57 Å². The van der Waals surface area contributed by atoms with E-state index in [0.29, 0.717) is 12.8 Å². The maximum atomic E-state index is 12.8. The molecule has 7 heteroatoms. The summed E-state index contributed by atoms with van der Waals surface area (Å²) in [5.41, 5.74) is 0.327. The molecule has 0 saturated carbocycles. The molecule has 1 aromatic carbocycles. The van der Waals surface area contributed by atoms with Crippen molar-refractivity contribution in [2.75, 3.05) is 20.8 Å². The molecule has 0 saturated heterocycles. The number of aliphatic hydroxyl groups excluding tert-OH is 1. The summed E-state index contributed by atoms with van der Waals surface area (Å²) >= 11 is 0. The van der Waals surface area contributed by atoms with Crippen molar-refractivity contribution in [2.24, 2.45) is 5.92 Å². The highest BCUT2D eigenvalue weighted by Gasteiger charge is 2.43. The van der Waals surface area contributed by atoms with Gasteiger partial charge in [0.15, 0.2) is 0 Å². The molecular weight excluding hydrogens is 343 g/mol. The first-order chi connectivity index (χ1) is 12.0. The molecule has 0 bridgehead atoms. The Morgan fingerprint density at radius 2 is 1.88 bits per heavy atom. The first kappa shape index (κ1) is 19.9. The second kappa shape index (κ2) is 8.77. The Labute approximate surface area is 148 Å². The van der Waals surface area contributed by atoms with Gasteiger partial charge in [-0.25, -0.2) is 4.79 Å². The molecule has 2 rings (SSSR count). The van der Waals surface area contributed by atoms with Crippen molar-refractivity contribution in [2.45, 2.75) is 31.5 Å². The van der Waals surface area contributed by atoms with Crippen LogP contribution in [0, 0.1) is 5.92 Å². The molecule has 6 nitrogen and oxygen atoms in total. The van der Waals surface area contributed by atoms with Crippen LogP contribution in [0.25, 0.3) is 0 Å². The standard InChI is InChI=1S/C18H25O6P/c1-4-24-18(20)15-12-14(17(19)13-8-6-5-7-9-13)10-11-16(15)25(21,22-2)23-3/h5-9,12,14,16-17,19H,4,10-11H2,1-3H3. The largest absolute Gasteiger partial charge is 0.463 e. The Hall–Kier alpha value is -1.46. The molecule has 1 aliphatic carbocycles. The van der Waals surface area contributed by atoms with Crippen LogP contribution in [0.4, 0.5) is 0 Å². The minimum Gasteiger partial charge on any atom is -0.463 e. The summed E-state index contributed by atoms with van der Waals surface area (Å²) in [5.74, 6) is -0.827. The lowest BCUT2D eigenvalue weighted by molar-refractivity contribution is -0.138. The molecular formula is C18H25O6P. The number of carbonyl (C=O) groups is 1. The molecule has 0 aromatic heterocycles. The summed E-state index contributed by atoms with van der Waals surface area (Å²) in [4.78, 5) is 12.4. The van der Waals surface area contributed by atoms with Gasteiger partial charge in [-0.2, -0.15) is 0 Å². The van der Waals surface area contributed by atoms with Gasteiger partial charge in [0.25, 0.3) is 0 Å². The van der Waals surface area contributed by atoms with Crippen LogP contribution in [0.5, 0.6) is 0 Å². The Kier molecular flexibility index (Phi) is 6.96. The predicted octanol–water partition coefficient (Wildman–Crippen LogP) is 3.47. The van der Waals surface area contributed by atoms with E-state index in [1.54, 1.807) is 13.0 Å².